The topological polar surface area (TPSA) is 95.5 Å². The van der Waals surface area contributed by atoms with E-state index in [0.29, 0.717) is 19.4 Å². The summed E-state index contributed by atoms with van der Waals surface area (Å²) in [6, 6.07) is -0.706. The number of nitrogens with one attached hydrogen (secondary N) is 2. The third-order valence-corrected chi connectivity index (χ3v) is 2.73. The number of rotatable bonds is 9. The zero-order chi connectivity index (χ0) is 14.1. The molecule has 0 heterocycles. The molecule has 0 aliphatic rings. The Kier molecular flexibility index (Phi) is 8.90. The summed E-state index contributed by atoms with van der Waals surface area (Å²) in [4.78, 5) is 32.9. The van der Waals surface area contributed by atoms with Crippen LogP contribution in [-0.4, -0.2) is 39.9 Å². The number of carboxylic acids is 1. The molecule has 0 spiro atoms. The van der Waals surface area contributed by atoms with Crippen molar-refractivity contribution in [3.63, 3.8) is 0 Å². The average molecular weight is 370 g/mol. The molecule has 0 aliphatic heterocycles. The van der Waals surface area contributed by atoms with Crippen LogP contribution < -0.4 is 10.6 Å². The molecule has 0 aromatic carbocycles. The summed E-state index contributed by atoms with van der Waals surface area (Å²) in [5.41, 5.74) is 0. The Hall–Kier alpha value is -0.700. The molecule has 6 nitrogen and oxygen atoms in total. The molecule has 3 N–H and O–H groups in total. The molecule has 1 amide bonds. The number of carbonyl (C=O) groups is 3. The second-order valence-electron chi connectivity index (χ2n) is 4.28. The summed E-state index contributed by atoms with van der Waals surface area (Å²) >= 11 is 1.63. The van der Waals surface area contributed by atoms with Crippen LogP contribution in [0, 0.1) is 5.92 Å². The summed E-state index contributed by atoms with van der Waals surface area (Å²) in [7, 11) is 0. The van der Waals surface area contributed by atoms with E-state index in [1.165, 1.54) is 0 Å². The van der Waals surface area contributed by atoms with Gasteiger partial charge in [0, 0.05) is 35.6 Å². The molecule has 1 atom stereocenters. The normalized spacial score (nSPS) is 12.2. The molecule has 0 bridgehead atoms. The molecule has 0 aromatic heterocycles. The van der Waals surface area contributed by atoms with Gasteiger partial charge in [0.15, 0.2) is 0 Å². The smallest absolute Gasteiger partial charge is 0.320 e. The number of carboxylic acid groups (broad SMARTS) is 1. The number of hydrogen-bond acceptors (Lipinski definition) is 4. The van der Waals surface area contributed by atoms with Crippen LogP contribution in [0.15, 0.2) is 0 Å². The minimum absolute atomic E-state index is 0.0489. The summed E-state index contributed by atoms with van der Waals surface area (Å²) < 4.78 is -0.149. The number of halogens is 1. The first-order valence-corrected chi connectivity index (χ1v) is 6.83. The molecule has 0 saturated heterocycles. The minimum Gasteiger partial charge on any atom is -0.480 e. The number of aliphatic carboxylic acids is 1. The van der Waals surface area contributed by atoms with Gasteiger partial charge in [0.1, 0.15) is 11.8 Å². The maximum Gasteiger partial charge on any atom is 0.320 e. The highest BCUT2D eigenvalue weighted by atomic mass is 127. The summed E-state index contributed by atoms with van der Waals surface area (Å²) in [5.74, 6) is -1.08. The molecule has 0 fully saturated rings. The fourth-order valence-corrected chi connectivity index (χ4v) is 1.66. The maximum atomic E-state index is 11.5. The van der Waals surface area contributed by atoms with E-state index in [-0.39, 0.29) is 22.2 Å². The van der Waals surface area contributed by atoms with E-state index in [1.807, 2.05) is 0 Å². The molecular formula is C11H19IN2O4. The lowest BCUT2D eigenvalue weighted by atomic mass is 10.0. The molecule has 0 aromatic rings. The van der Waals surface area contributed by atoms with Crippen LogP contribution in [-0.2, 0) is 9.59 Å². The van der Waals surface area contributed by atoms with Crippen molar-refractivity contribution >= 4 is 38.3 Å². The monoisotopic (exact) mass is 370 g/mol. The van der Waals surface area contributed by atoms with Gasteiger partial charge in [0.25, 0.3) is 3.91 Å². The molecule has 0 aliphatic carbocycles. The minimum atomic E-state index is -0.949. The van der Waals surface area contributed by atoms with Crippen molar-refractivity contribution in [1.29, 1.82) is 0 Å². The van der Waals surface area contributed by atoms with Gasteiger partial charge < -0.3 is 10.4 Å². The van der Waals surface area contributed by atoms with Gasteiger partial charge in [0.2, 0.25) is 0 Å². The first-order chi connectivity index (χ1) is 8.34. The molecule has 0 radical (unpaired) electrons. The van der Waals surface area contributed by atoms with Crippen LogP contribution >= 0.6 is 22.6 Å². The predicted octanol–water partition coefficient (Wildman–Crippen LogP) is 1.18. The quantitative estimate of drug-likeness (QED) is 0.245. The van der Waals surface area contributed by atoms with Crippen molar-refractivity contribution in [2.75, 3.05) is 13.1 Å². The lowest BCUT2D eigenvalue weighted by molar-refractivity contribution is -0.140. The number of ketones is 1. The average Bonchev–Trinajstić information content (AvgIpc) is 2.23. The van der Waals surface area contributed by atoms with Crippen molar-refractivity contribution in [2.24, 2.45) is 5.92 Å². The van der Waals surface area contributed by atoms with Gasteiger partial charge in [-0.1, -0.05) is 13.8 Å². The van der Waals surface area contributed by atoms with Crippen LogP contribution in [0.5, 0.6) is 0 Å². The van der Waals surface area contributed by atoms with E-state index in [1.54, 1.807) is 36.4 Å². The Morgan fingerprint density at radius 3 is 2.33 bits per heavy atom. The third kappa shape index (κ3) is 8.40. The number of amides is 1. The zero-order valence-electron chi connectivity index (χ0n) is 10.5. The lowest BCUT2D eigenvalue weighted by Crippen LogP contribution is -2.43. The van der Waals surface area contributed by atoms with Gasteiger partial charge in [-0.15, -0.1) is 0 Å². The number of hydrogen-bond donors (Lipinski definition) is 3. The maximum absolute atomic E-state index is 11.5. The number of Topliss-reactive ketones (excluding diaryl/α,β-unsaturated/α-hetero) is 1. The molecule has 1 unspecified atom stereocenters. The first-order valence-electron chi connectivity index (χ1n) is 5.75. The van der Waals surface area contributed by atoms with Crippen molar-refractivity contribution in [1.82, 2.24) is 10.6 Å². The van der Waals surface area contributed by atoms with Gasteiger partial charge in [-0.2, -0.15) is 0 Å². The highest BCUT2D eigenvalue weighted by Gasteiger charge is 2.21. The highest BCUT2D eigenvalue weighted by molar-refractivity contribution is 14.1. The molecule has 7 heteroatoms. The number of carbonyl (C=O) groups excluding carboxylic acids is 2. The van der Waals surface area contributed by atoms with Gasteiger partial charge in [-0.3, -0.25) is 19.7 Å². The van der Waals surface area contributed by atoms with Gasteiger partial charge in [0.05, 0.1) is 6.54 Å². The van der Waals surface area contributed by atoms with Crippen LogP contribution in [0.4, 0.5) is 4.79 Å². The lowest BCUT2D eigenvalue weighted by Gasteiger charge is -2.17. The van der Waals surface area contributed by atoms with Crippen LogP contribution in [0.1, 0.15) is 26.7 Å². The highest BCUT2D eigenvalue weighted by Crippen LogP contribution is 2.01. The van der Waals surface area contributed by atoms with Crippen molar-refractivity contribution in [3.05, 3.63) is 0 Å². The Labute approximate surface area is 120 Å². The van der Waals surface area contributed by atoms with E-state index < -0.39 is 12.0 Å². The van der Waals surface area contributed by atoms with Crippen molar-refractivity contribution in [2.45, 2.75) is 32.7 Å². The Morgan fingerprint density at radius 2 is 1.89 bits per heavy atom. The SMILES string of the molecule is CC(C)C(NCC(=O)CCCNC(=O)I)C(=O)O. The van der Waals surface area contributed by atoms with Crippen molar-refractivity contribution in [3.8, 4) is 0 Å². The predicted molar refractivity (Wildman–Crippen MR) is 75.9 cm³/mol. The molecular weight excluding hydrogens is 351 g/mol. The first kappa shape index (κ1) is 17.3. The molecule has 104 valence electrons. The van der Waals surface area contributed by atoms with Crippen LogP contribution in [0.25, 0.3) is 0 Å². The van der Waals surface area contributed by atoms with Gasteiger partial charge in [-0.25, -0.2) is 0 Å². The van der Waals surface area contributed by atoms with E-state index in [9.17, 15) is 14.4 Å². The van der Waals surface area contributed by atoms with E-state index >= 15 is 0 Å². The Bertz CT molecular complexity index is 307. The van der Waals surface area contributed by atoms with E-state index in [2.05, 4.69) is 10.6 Å². The summed E-state index contributed by atoms with van der Waals surface area (Å²) in [6.07, 6.45) is 0.892. The van der Waals surface area contributed by atoms with Crippen LogP contribution in [0.2, 0.25) is 0 Å². The fraction of sp³-hybridized carbons (Fsp3) is 0.727. The van der Waals surface area contributed by atoms with Gasteiger partial charge >= 0.3 is 5.97 Å². The zero-order valence-corrected chi connectivity index (χ0v) is 12.7. The Morgan fingerprint density at radius 1 is 1.28 bits per heavy atom. The summed E-state index contributed by atoms with van der Waals surface area (Å²) in [5, 5.41) is 14.2. The second-order valence-corrected chi connectivity index (χ2v) is 5.26. The molecule has 0 saturated carbocycles. The standard InChI is InChI=1S/C11H19IN2O4/c1-7(2)9(10(16)17)14-6-8(15)4-3-5-13-11(12)18/h7,9,14H,3-6H2,1-2H3,(H,13,18)(H,16,17). The fourth-order valence-electron chi connectivity index (χ4n) is 1.39. The Balaban J connectivity index is 3.81. The third-order valence-electron chi connectivity index (χ3n) is 2.35. The van der Waals surface area contributed by atoms with Crippen molar-refractivity contribution < 1.29 is 19.5 Å². The molecule has 18 heavy (non-hydrogen) atoms. The van der Waals surface area contributed by atoms with Crippen LogP contribution in [0.3, 0.4) is 0 Å². The second kappa shape index (κ2) is 9.26. The van der Waals surface area contributed by atoms with E-state index in [4.69, 9.17) is 5.11 Å². The largest absolute Gasteiger partial charge is 0.480 e. The van der Waals surface area contributed by atoms with E-state index in [0.717, 1.165) is 0 Å². The molecule has 0 rings (SSSR count). The summed E-state index contributed by atoms with van der Waals surface area (Å²) in [6.45, 7) is 4.08. The van der Waals surface area contributed by atoms with Gasteiger partial charge in [-0.05, 0) is 12.3 Å².